The van der Waals surface area contributed by atoms with Gasteiger partial charge in [0.2, 0.25) is 5.91 Å². The van der Waals surface area contributed by atoms with Crippen molar-refractivity contribution < 1.29 is 9.59 Å². The molecule has 152 valence electrons. The molecule has 0 bridgehead atoms. The van der Waals surface area contributed by atoms with Crippen LogP contribution in [-0.4, -0.2) is 32.6 Å². The smallest absolute Gasteiger partial charge is 0.266 e. The Labute approximate surface area is 188 Å². The molecular weight excluding hydrogens is 446 g/mol. The average molecular weight is 466 g/mol. The van der Waals surface area contributed by atoms with Gasteiger partial charge in [0.25, 0.3) is 5.91 Å². The van der Waals surface area contributed by atoms with Crippen LogP contribution in [0.2, 0.25) is 5.02 Å². The van der Waals surface area contributed by atoms with Gasteiger partial charge in [0.05, 0.1) is 10.6 Å². The van der Waals surface area contributed by atoms with Crippen molar-refractivity contribution >= 4 is 74.3 Å². The maximum Gasteiger partial charge on any atom is 0.266 e. The Kier molecular flexibility index (Phi) is 7.83. The number of hydrogen-bond acceptors (Lipinski definition) is 6. The summed E-state index contributed by atoms with van der Waals surface area (Å²) in [6.45, 7) is 2.46. The summed E-state index contributed by atoms with van der Waals surface area (Å²) in [5.41, 5.74) is 1.82. The van der Waals surface area contributed by atoms with E-state index in [0.29, 0.717) is 32.3 Å². The minimum absolute atomic E-state index is 0.0316. The number of benzene rings is 1. The highest BCUT2D eigenvalue weighted by Crippen LogP contribution is 2.33. The molecule has 0 atom stereocenters. The molecular formula is C20H20ClN3O2S3. The topological polar surface area (TPSA) is 62.3 Å². The van der Waals surface area contributed by atoms with Gasteiger partial charge in [-0.3, -0.25) is 14.5 Å². The lowest BCUT2D eigenvalue weighted by Gasteiger charge is -2.14. The van der Waals surface area contributed by atoms with E-state index in [1.807, 2.05) is 30.5 Å². The van der Waals surface area contributed by atoms with E-state index in [1.165, 1.54) is 23.1 Å². The lowest BCUT2D eigenvalue weighted by atomic mass is 10.2. The van der Waals surface area contributed by atoms with Crippen molar-refractivity contribution in [3.8, 4) is 0 Å². The minimum atomic E-state index is -0.0631. The van der Waals surface area contributed by atoms with E-state index in [-0.39, 0.29) is 11.8 Å². The van der Waals surface area contributed by atoms with E-state index < -0.39 is 0 Å². The molecule has 1 aliphatic heterocycles. The van der Waals surface area contributed by atoms with Gasteiger partial charge in [-0.2, -0.15) is 0 Å². The number of carbonyl (C=O) groups excluding carboxylic acids is 2. The highest BCUT2D eigenvalue weighted by molar-refractivity contribution is 8.26. The van der Waals surface area contributed by atoms with E-state index >= 15 is 0 Å². The van der Waals surface area contributed by atoms with Crippen LogP contribution < -0.4 is 5.32 Å². The Balaban J connectivity index is 1.41. The summed E-state index contributed by atoms with van der Waals surface area (Å²) in [6.07, 6.45) is 4.67. The predicted octanol–water partition coefficient (Wildman–Crippen LogP) is 5.51. The Morgan fingerprint density at radius 3 is 2.72 bits per heavy atom. The van der Waals surface area contributed by atoms with Gasteiger partial charge < -0.3 is 5.32 Å². The Morgan fingerprint density at radius 1 is 1.28 bits per heavy atom. The van der Waals surface area contributed by atoms with Crippen molar-refractivity contribution in [2.45, 2.75) is 32.6 Å². The summed E-state index contributed by atoms with van der Waals surface area (Å²) >= 11 is 14.0. The SMILES string of the molecule is Cc1csc(NC(=O)CCCCCN2C(=O)/C(=C/c3ccc(Cl)cc3)SC2=S)n1. The molecule has 1 aromatic heterocycles. The lowest BCUT2D eigenvalue weighted by molar-refractivity contribution is -0.122. The zero-order chi connectivity index (χ0) is 20.8. The third kappa shape index (κ3) is 6.37. The molecule has 5 nitrogen and oxygen atoms in total. The normalized spacial score (nSPS) is 15.4. The van der Waals surface area contributed by atoms with Crippen molar-refractivity contribution in [3.63, 3.8) is 0 Å². The molecule has 1 aromatic carbocycles. The van der Waals surface area contributed by atoms with Crippen molar-refractivity contribution in [1.29, 1.82) is 0 Å². The number of hydrogen-bond donors (Lipinski definition) is 1. The number of rotatable bonds is 8. The van der Waals surface area contributed by atoms with Crippen molar-refractivity contribution in [2.24, 2.45) is 0 Å². The van der Waals surface area contributed by atoms with E-state index in [0.717, 1.165) is 30.5 Å². The van der Waals surface area contributed by atoms with Gasteiger partial charge in [-0.15, -0.1) is 11.3 Å². The van der Waals surface area contributed by atoms with E-state index in [1.54, 1.807) is 17.0 Å². The molecule has 1 saturated heterocycles. The average Bonchev–Trinajstić information content (AvgIpc) is 3.20. The molecule has 2 amide bonds. The molecule has 2 aromatic rings. The molecule has 1 fully saturated rings. The van der Waals surface area contributed by atoms with Crippen LogP contribution in [0.5, 0.6) is 0 Å². The van der Waals surface area contributed by atoms with Gasteiger partial charge in [-0.05, 0) is 43.5 Å². The molecule has 1 N–H and O–H groups in total. The second-order valence-corrected chi connectivity index (χ2v) is 9.51. The number of anilines is 1. The van der Waals surface area contributed by atoms with E-state index in [4.69, 9.17) is 23.8 Å². The van der Waals surface area contributed by atoms with Gasteiger partial charge in [-0.25, -0.2) is 4.98 Å². The van der Waals surface area contributed by atoms with Crippen LogP contribution in [-0.2, 0) is 9.59 Å². The van der Waals surface area contributed by atoms with Crippen LogP contribution in [0.15, 0.2) is 34.6 Å². The van der Waals surface area contributed by atoms with Crippen LogP contribution in [0.3, 0.4) is 0 Å². The molecule has 2 heterocycles. The first-order valence-electron chi connectivity index (χ1n) is 9.15. The van der Waals surface area contributed by atoms with Gasteiger partial charge in [0.1, 0.15) is 4.32 Å². The number of halogens is 1. The molecule has 0 saturated carbocycles. The summed E-state index contributed by atoms with van der Waals surface area (Å²) in [5, 5.41) is 6.00. The van der Waals surface area contributed by atoms with E-state index in [9.17, 15) is 9.59 Å². The number of carbonyl (C=O) groups is 2. The fourth-order valence-electron chi connectivity index (χ4n) is 2.73. The van der Waals surface area contributed by atoms with Crippen LogP contribution in [0.25, 0.3) is 6.08 Å². The van der Waals surface area contributed by atoms with Crippen molar-refractivity contribution in [2.75, 3.05) is 11.9 Å². The number of aromatic nitrogens is 1. The van der Waals surface area contributed by atoms with Gasteiger partial charge >= 0.3 is 0 Å². The van der Waals surface area contributed by atoms with E-state index in [2.05, 4.69) is 10.3 Å². The van der Waals surface area contributed by atoms with Gasteiger partial charge in [0.15, 0.2) is 5.13 Å². The number of nitrogens with one attached hydrogen (secondary N) is 1. The fourth-order valence-corrected chi connectivity index (χ4v) is 4.87. The van der Waals surface area contributed by atoms with Crippen LogP contribution in [0, 0.1) is 6.92 Å². The Hall–Kier alpha value is -1.74. The molecule has 0 spiro atoms. The summed E-state index contributed by atoms with van der Waals surface area (Å²) in [7, 11) is 0. The molecule has 0 aliphatic carbocycles. The first-order chi connectivity index (χ1) is 13.9. The molecule has 3 rings (SSSR count). The van der Waals surface area contributed by atoms with Crippen LogP contribution >= 0.6 is 46.9 Å². The molecule has 9 heteroatoms. The Bertz CT molecular complexity index is 941. The second-order valence-electron chi connectivity index (χ2n) is 6.54. The number of amides is 2. The number of nitrogens with zero attached hydrogens (tertiary/aromatic N) is 2. The third-order valence-electron chi connectivity index (χ3n) is 4.19. The fraction of sp³-hybridized carbons (Fsp3) is 0.300. The molecule has 0 radical (unpaired) electrons. The van der Waals surface area contributed by atoms with Crippen LogP contribution in [0.4, 0.5) is 5.13 Å². The number of thioether (sulfide) groups is 1. The first kappa shape index (κ1) is 22.0. The standard InChI is InChI=1S/C20H20ClN3O2S3/c1-13-12-28-19(22-13)23-17(25)5-3-2-4-10-24-18(26)16(29-20(24)27)11-14-6-8-15(21)9-7-14/h6-9,11-12H,2-5,10H2,1H3,(H,22,23,25)/b16-11-. The number of unbranched alkanes of at least 4 members (excludes halogenated alkanes) is 2. The van der Waals surface area contributed by atoms with Gasteiger partial charge in [0, 0.05) is 23.4 Å². The summed E-state index contributed by atoms with van der Waals surface area (Å²) in [4.78, 5) is 31.0. The first-order valence-corrected chi connectivity index (χ1v) is 11.6. The summed E-state index contributed by atoms with van der Waals surface area (Å²) in [5.74, 6) is -0.0947. The maximum atomic E-state index is 12.6. The lowest BCUT2D eigenvalue weighted by Crippen LogP contribution is -2.29. The summed E-state index contributed by atoms with van der Waals surface area (Å²) < 4.78 is 0.576. The minimum Gasteiger partial charge on any atom is -0.302 e. The third-order valence-corrected chi connectivity index (χ3v) is 6.70. The Morgan fingerprint density at radius 2 is 2.03 bits per heavy atom. The summed E-state index contributed by atoms with van der Waals surface area (Å²) in [6, 6.07) is 7.32. The highest BCUT2D eigenvalue weighted by Gasteiger charge is 2.31. The number of thiocarbonyl (C=S) groups is 1. The molecule has 0 unspecified atom stereocenters. The largest absolute Gasteiger partial charge is 0.302 e. The highest BCUT2D eigenvalue weighted by atomic mass is 35.5. The molecule has 1 aliphatic rings. The van der Waals surface area contributed by atoms with Gasteiger partial charge in [-0.1, -0.05) is 54.1 Å². The zero-order valence-corrected chi connectivity index (χ0v) is 19.0. The maximum absolute atomic E-state index is 12.6. The molecule has 29 heavy (non-hydrogen) atoms. The zero-order valence-electron chi connectivity index (χ0n) is 15.8. The predicted molar refractivity (Wildman–Crippen MR) is 125 cm³/mol. The monoisotopic (exact) mass is 465 g/mol. The quantitative estimate of drug-likeness (QED) is 0.316. The van der Waals surface area contributed by atoms with Crippen LogP contribution in [0.1, 0.15) is 36.9 Å². The van der Waals surface area contributed by atoms with Crippen molar-refractivity contribution in [1.82, 2.24) is 9.88 Å². The van der Waals surface area contributed by atoms with Crippen molar-refractivity contribution in [3.05, 3.63) is 50.8 Å². The number of thiazole rings is 1. The number of aryl methyl sites for hydroxylation is 1. The second kappa shape index (κ2) is 10.3.